The number of hydrogen-bond acceptors (Lipinski definition) is 4. The Morgan fingerprint density at radius 1 is 1.17 bits per heavy atom. The molecule has 0 aromatic heterocycles. The van der Waals surface area contributed by atoms with Crippen molar-refractivity contribution < 1.29 is 13.2 Å². The molecular formula is C23H30N2O3S2. The van der Waals surface area contributed by atoms with Gasteiger partial charge in [0.15, 0.2) is 0 Å². The van der Waals surface area contributed by atoms with Gasteiger partial charge < -0.3 is 4.90 Å². The van der Waals surface area contributed by atoms with Crippen LogP contribution in [0.2, 0.25) is 0 Å². The lowest BCUT2D eigenvalue weighted by molar-refractivity contribution is 0.0693. The van der Waals surface area contributed by atoms with E-state index in [-0.39, 0.29) is 17.3 Å². The standard InChI is InChI=1S/C23H30N2O3S2/c1-17-10-12-25(13-11-17)23(26)21-15-20(8-9-22(21)29-4)30(27,28)24(3)16-19-7-5-6-18(2)14-19/h5-9,14-15,17H,10-13,16H2,1-4H3. The van der Waals surface area contributed by atoms with Gasteiger partial charge in [-0.1, -0.05) is 36.8 Å². The van der Waals surface area contributed by atoms with Gasteiger partial charge >= 0.3 is 0 Å². The molecule has 162 valence electrons. The summed E-state index contributed by atoms with van der Waals surface area (Å²) >= 11 is 1.46. The Kier molecular flexibility index (Phi) is 7.26. The van der Waals surface area contributed by atoms with Gasteiger partial charge in [0, 0.05) is 31.6 Å². The van der Waals surface area contributed by atoms with Crippen LogP contribution >= 0.6 is 11.8 Å². The van der Waals surface area contributed by atoms with Crippen LogP contribution in [0.1, 0.15) is 41.3 Å². The van der Waals surface area contributed by atoms with Crippen molar-refractivity contribution in [1.29, 1.82) is 0 Å². The normalized spacial score (nSPS) is 15.6. The lowest BCUT2D eigenvalue weighted by atomic mass is 9.98. The van der Waals surface area contributed by atoms with E-state index < -0.39 is 10.0 Å². The Morgan fingerprint density at radius 3 is 2.50 bits per heavy atom. The van der Waals surface area contributed by atoms with Gasteiger partial charge in [0.25, 0.3) is 5.91 Å². The highest BCUT2D eigenvalue weighted by molar-refractivity contribution is 7.98. The highest BCUT2D eigenvalue weighted by Crippen LogP contribution is 2.28. The molecule has 0 spiro atoms. The van der Waals surface area contributed by atoms with Crippen LogP contribution in [-0.2, 0) is 16.6 Å². The van der Waals surface area contributed by atoms with Crippen LogP contribution in [0.4, 0.5) is 0 Å². The summed E-state index contributed by atoms with van der Waals surface area (Å²) in [7, 11) is -2.14. The first-order valence-electron chi connectivity index (χ1n) is 10.2. The number of benzene rings is 2. The molecule has 7 heteroatoms. The largest absolute Gasteiger partial charge is 0.339 e. The molecule has 3 rings (SSSR count). The van der Waals surface area contributed by atoms with E-state index in [0.717, 1.165) is 42.0 Å². The Balaban J connectivity index is 1.88. The number of thioether (sulfide) groups is 1. The Hall–Kier alpha value is -1.83. The quantitative estimate of drug-likeness (QED) is 0.617. The number of hydrogen-bond donors (Lipinski definition) is 0. The number of aryl methyl sites for hydroxylation is 1. The molecule has 0 saturated carbocycles. The summed E-state index contributed by atoms with van der Waals surface area (Å²) in [6.45, 7) is 5.91. The van der Waals surface area contributed by atoms with E-state index in [1.807, 2.05) is 42.3 Å². The molecule has 1 heterocycles. The van der Waals surface area contributed by atoms with Gasteiger partial charge in [0.05, 0.1) is 10.5 Å². The van der Waals surface area contributed by atoms with E-state index in [4.69, 9.17) is 0 Å². The molecular weight excluding hydrogens is 416 g/mol. The molecule has 1 saturated heterocycles. The van der Waals surface area contributed by atoms with Crippen molar-refractivity contribution in [2.24, 2.45) is 5.92 Å². The molecule has 2 aromatic carbocycles. The van der Waals surface area contributed by atoms with Crippen molar-refractivity contribution in [2.45, 2.75) is 43.0 Å². The fourth-order valence-electron chi connectivity index (χ4n) is 3.73. The van der Waals surface area contributed by atoms with E-state index in [1.54, 1.807) is 25.2 Å². The molecule has 1 amide bonds. The number of sulfonamides is 1. The molecule has 0 N–H and O–H groups in total. The first-order chi connectivity index (χ1) is 14.2. The average Bonchev–Trinajstić information content (AvgIpc) is 2.73. The number of rotatable bonds is 6. The molecule has 0 atom stereocenters. The molecule has 0 aliphatic carbocycles. The molecule has 1 aliphatic rings. The number of piperidine rings is 1. The third-order valence-corrected chi connectivity index (χ3v) is 8.26. The summed E-state index contributed by atoms with van der Waals surface area (Å²) < 4.78 is 27.8. The lowest BCUT2D eigenvalue weighted by Gasteiger charge is -2.31. The monoisotopic (exact) mass is 446 g/mol. The van der Waals surface area contributed by atoms with Crippen molar-refractivity contribution >= 4 is 27.7 Å². The fourth-order valence-corrected chi connectivity index (χ4v) is 5.49. The Morgan fingerprint density at radius 2 is 1.87 bits per heavy atom. The van der Waals surface area contributed by atoms with Gasteiger partial charge in [-0.3, -0.25) is 4.79 Å². The van der Waals surface area contributed by atoms with Gasteiger partial charge in [-0.2, -0.15) is 4.31 Å². The van der Waals surface area contributed by atoms with Crippen molar-refractivity contribution in [3.63, 3.8) is 0 Å². The van der Waals surface area contributed by atoms with Crippen LogP contribution < -0.4 is 0 Å². The fraction of sp³-hybridized carbons (Fsp3) is 0.435. The van der Waals surface area contributed by atoms with Gasteiger partial charge in [-0.05, 0) is 55.7 Å². The minimum Gasteiger partial charge on any atom is -0.339 e. The first kappa shape index (κ1) is 22.8. The predicted molar refractivity (Wildman–Crippen MR) is 122 cm³/mol. The van der Waals surface area contributed by atoms with E-state index in [0.29, 0.717) is 11.5 Å². The van der Waals surface area contributed by atoms with Gasteiger partial charge in [0.2, 0.25) is 10.0 Å². The zero-order valence-corrected chi connectivity index (χ0v) is 19.7. The van der Waals surface area contributed by atoms with Crippen LogP contribution in [0, 0.1) is 12.8 Å². The zero-order valence-electron chi connectivity index (χ0n) is 18.1. The summed E-state index contributed by atoms with van der Waals surface area (Å²) in [6, 6.07) is 12.7. The number of carbonyl (C=O) groups is 1. The second-order valence-electron chi connectivity index (χ2n) is 8.09. The van der Waals surface area contributed by atoms with E-state index in [9.17, 15) is 13.2 Å². The third-order valence-electron chi connectivity index (χ3n) is 5.67. The average molecular weight is 447 g/mol. The van der Waals surface area contributed by atoms with Crippen molar-refractivity contribution in [3.05, 3.63) is 59.2 Å². The number of amides is 1. The van der Waals surface area contributed by atoms with E-state index >= 15 is 0 Å². The maximum atomic E-state index is 13.2. The molecule has 0 bridgehead atoms. The minimum absolute atomic E-state index is 0.0790. The van der Waals surface area contributed by atoms with Crippen LogP contribution in [0.3, 0.4) is 0 Å². The predicted octanol–water partition coefficient (Wildman–Crippen LogP) is 4.41. The smallest absolute Gasteiger partial charge is 0.255 e. The summed E-state index contributed by atoms with van der Waals surface area (Å²) in [5.74, 6) is 0.542. The number of likely N-dealkylation sites (tertiary alicyclic amines) is 1. The SMILES string of the molecule is CSc1ccc(S(=O)(=O)N(C)Cc2cccc(C)c2)cc1C(=O)N1CCC(C)CC1. The number of carbonyl (C=O) groups excluding carboxylic acids is 1. The highest BCUT2D eigenvalue weighted by atomic mass is 32.2. The van der Waals surface area contributed by atoms with Crippen LogP contribution in [-0.4, -0.2) is 49.9 Å². The molecule has 2 aromatic rings. The van der Waals surface area contributed by atoms with Gasteiger partial charge in [0.1, 0.15) is 0 Å². The molecule has 5 nitrogen and oxygen atoms in total. The maximum Gasteiger partial charge on any atom is 0.255 e. The lowest BCUT2D eigenvalue weighted by Crippen LogP contribution is -2.38. The first-order valence-corrected chi connectivity index (χ1v) is 12.9. The zero-order chi connectivity index (χ0) is 21.9. The molecule has 1 aliphatic heterocycles. The number of nitrogens with zero attached hydrogens (tertiary/aromatic N) is 2. The molecule has 0 radical (unpaired) electrons. The maximum absolute atomic E-state index is 13.2. The van der Waals surface area contributed by atoms with Crippen molar-refractivity contribution in [1.82, 2.24) is 9.21 Å². The second kappa shape index (κ2) is 9.54. The molecule has 30 heavy (non-hydrogen) atoms. The molecule has 0 unspecified atom stereocenters. The van der Waals surface area contributed by atoms with Crippen LogP contribution in [0.5, 0.6) is 0 Å². The Bertz CT molecular complexity index is 1010. The van der Waals surface area contributed by atoms with Crippen molar-refractivity contribution in [3.8, 4) is 0 Å². The highest BCUT2D eigenvalue weighted by Gasteiger charge is 2.27. The summed E-state index contributed by atoms with van der Waals surface area (Å²) in [5.41, 5.74) is 2.49. The van der Waals surface area contributed by atoms with Crippen molar-refractivity contribution in [2.75, 3.05) is 26.4 Å². The molecule has 1 fully saturated rings. The topological polar surface area (TPSA) is 57.7 Å². The summed E-state index contributed by atoms with van der Waals surface area (Å²) in [6.07, 6.45) is 3.87. The van der Waals surface area contributed by atoms with Crippen LogP contribution in [0.15, 0.2) is 52.3 Å². The van der Waals surface area contributed by atoms with Crippen LogP contribution in [0.25, 0.3) is 0 Å². The minimum atomic E-state index is -3.72. The third kappa shape index (κ3) is 5.07. The van der Waals surface area contributed by atoms with Gasteiger partial charge in [-0.15, -0.1) is 11.8 Å². The Labute approximate surface area is 184 Å². The second-order valence-corrected chi connectivity index (χ2v) is 11.0. The van der Waals surface area contributed by atoms with Gasteiger partial charge in [-0.25, -0.2) is 8.42 Å². The summed E-state index contributed by atoms with van der Waals surface area (Å²) in [4.78, 5) is 16.0. The summed E-state index contributed by atoms with van der Waals surface area (Å²) in [5, 5.41) is 0. The van der Waals surface area contributed by atoms with E-state index in [1.165, 1.54) is 16.1 Å². The van der Waals surface area contributed by atoms with E-state index in [2.05, 4.69) is 6.92 Å².